The molecule has 0 saturated carbocycles. The fraction of sp³-hybridized carbons (Fsp3) is 0.409. The minimum atomic E-state index is 0.106. The van der Waals surface area contributed by atoms with E-state index in [0.717, 1.165) is 31.4 Å². The van der Waals surface area contributed by atoms with E-state index in [1.165, 1.54) is 16.7 Å². The number of hydrogen-bond acceptors (Lipinski definition) is 1. The lowest BCUT2D eigenvalue weighted by Crippen LogP contribution is -2.26. The second-order valence-corrected chi connectivity index (χ2v) is 6.70. The molecule has 1 N–H and O–H groups in total. The van der Waals surface area contributed by atoms with E-state index < -0.39 is 0 Å². The highest BCUT2D eigenvalue weighted by Crippen LogP contribution is 2.15. The maximum absolute atomic E-state index is 12.0. The van der Waals surface area contributed by atoms with Gasteiger partial charge in [-0.2, -0.15) is 0 Å². The summed E-state index contributed by atoms with van der Waals surface area (Å²) in [6.45, 7) is 7.29. The monoisotopic (exact) mass is 323 g/mol. The van der Waals surface area contributed by atoms with Crippen LogP contribution in [0.4, 0.5) is 0 Å². The predicted octanol–water partition coefficient (Wildman–Crippen LogP) is 4.66. The average molecular weight is 323 g/mol. The van der Waals surface area contributed by atoms with Gasteiger partial charge in [0.15, 0.2) is 0 Å². The molecule has 0 aliphatic rings. The first-order valence-corrected chi connectivity index (χ1v) is 9.02. The number of benzene rings is 2. The fourth-order valence-corrected chi connectivity index (χ4v) is 2.73. The molecule has 0 bridgehead atoms. The van der Waals surface area contributed by atoms with Gasteiger partial charge in [-0.05, 0) is 47.4 Å². The van der Waals surface area contributed by atoms with E-state index >= 15 is 0 Å². The molecular weight excluding hydrogens is 294 g/mol. The Morgan fingerprint density at radius 3 is 2.08 bits per heavy atom. The van der Waals surface area contributed by atoms with Crippen LogP contribution in [-0.4, -0.2) is 12.5 Å². The molecule has 0 aliphatic heterocycles. The Bertz CT molecular complexity index is 626. The van der Waals surface area contributed by atoms with E-state index in [1.54, 1.807) is 0 Å². The van der Waals surface area contributed by atoms with Crippen molar-refractivity contribution in [2.24, 2.45) is 0 Å². The summed E-state index contributed by atoms with van der Waals surface area (Å²) in [7, 11) is 0. The van der Waals surface area contributed by atoms with E-state index in [2.05, 4.69) is 74.6 Å². The maximum Gasteiger partial charge on any atom is 0.224 e. The predicted molar refractivity (Wildman–Crippen MR) is 101 cm³/mol. The van der Waals surface area contributed by atoms with Crippen molar-refractivity contribution < 1.29 is 4.79 Å². The highest BCUT2D eigenvalue weighted by molar-refractivity contribution is 5.78. The SMILES string of the molecule is CCc1ccc(CC(=O)NCCCc2ccc(C(C)C)cc2)cc1. The Balaban J connectivity index is 1.68. The summed E-state index contributed by atoms with van der Waals surface area (Å²) in [6, 6.07) is 17.1. The second kappa shape index (κ2) is 9.27. The van der Waals surface area contributed by atoms with Gasteiger partial charge in [0.2, 0.25) is 5.91 Å². The second-order valence-electron chi connectivity index (χ2n) is 6.70. The van der Waals surface area contributed by atoms with Crippen molar-refractivity contribution in [2.45, 2.75) is 52.4 Å². The molecule has 0 heterocycles. The third kappa shape index (κ3) is 5.84. The number of carbonyl (C=O) groups is 1. The lowest BCUT2D eigenvalue weighted by atomic mass is 10.0. The van der Waals surface area contributed by atoms with Crippen LogP contribution in [0.2, 0.25) is 0 Å². The quantitative estimate of drug-likeness (QED) is 0.703. The molecule has 2 aromatic rings. The molecule has 0 atom stereocenters. The van der Waals surface area contributed by atoms with Crippen LogP contribution >= 0.6 is 0 Å². The molecule has 0 fully saturated rings. The van der Waals surface area contributed by atoms with Gasteiger partial charge in [-0.25, -0.2) is 0 Å². The molecule has 0 radical (unpaired) electrons. The van der Waals surface area contributed by atoms with Crippen molar-refractivity contribution in [1.29, 1.82) is 0 Å². The number of rotatable bonds is 8. The summed E-state index contributed by atoms with van der Waals surface area (Å²) >= 11 is 0. The van der Waals surface area contributed by atoms with Crippen molar-refractivity contribution in [3.63, 3.8) is 0 Å². The fourth-order valence-electron chi connectivity index (χ4n) is 2.73. The molecule has 0 saturated heterocycles. The average Bonchev–Trinajstić information content (AvgIpc) is 2.60. The van der Waals surface area contributed by atoms with Gasteiger partial charge in [-0.15, -0.1) is 0 Å². The van der Waals surface area contributed by atoms with Gasteiger partial charge >= 0.3 is 0 Å². The summed E-state index contributed by atoms with van der Waals surface area (Å²) in [5.41, 5.74) is 5.10. The zero-order chi connectivity index (χ0) is 17.4. The first-order valence-electron chi connectivity index (χ1n) is 9.02. The highest BCUT2D eigenvalue weighted by Gasteiger charge is 2.03. The largest absolute Gasteiger partial charge is 0.356 e. The molecule has 2 nitrogen and oxygen atoms in total. The smallest absolute Gasteiger partial charge is 0.224 e. The topological polar surface area (TPSA) is 29.1 Å². The van der Waals surface area contributed by atoms with E-state index in [-0.39, 0.29) is 5.91 Å². The summed E-state index contributed by atoms with van der Waals surface area (Å²) in [5.74, 6) is 0.680. The lowest BCUT2D eigenvalue weighted by molar-refractivity contribution is -0.120. The van der Waals surface area contributed by atoms with Gasteiger partial charge in [0.25, 0.3) is 0 Å². The maximum atomic E-state index is 12.0. The molecule has 2 rings (SSSR count). The first kappa shape index (κ1) is 18.3. The standard InChI is InChI=1S/C22H29NO/c1-4-18-7-9-20(10-8-18)16-22(24)23-15-5-6-19-11-13-21(14-12-19)17(2)3/h7-14,17H,4-6,15-16H2,1-3H3,(H,23,24). The van der Waals surface area contributed by atoms with Crippen LogP contribution in [0.3, 0.4) is 0 Å². The lowest BCUT2D eigenvalue weighted by Gasteiger charge is -2.08. The number of carbonyl (C=O) groups excluding carboxylic acids is 1. The molecule has 0 aliphatic carbocycles. The van der Waals surface area contributed by atoms with Crippen LogP contribution in [-0.2, 0) is 24.1 Å². The van der Waals surface area contributed by atoms with Gasteiger partial charge < -0.3 is 5.32 Å². The van der Waals surface area contributed by atoms with E-state index in [1.807, 2.05) is 0 Å². The first-order chi connectivity index (χ1) is 11.6. The van der Waals surface area contributed by atoms with Crippen molar-refractivity contribution in [3.8, 4) is 0 Å². The van der Waals surface area contributed by atoms with E-state index in [0.29, 0.717) is 12.3 Å². The number of nitrogens with one attached hydrogen (secondary N) is 1. The van der Waals surface area contributed by atoms with Crippen LogP contribution in [0, 0.1) is 0 Å². The normalized spacial score (nSPS) is 10.8. The highest BCUT2D eigenvalue weighted by atomic mass is 16.1. The third-order valence-electron chi connectivity index (χ3n) is 4.41. The van der Waals surface area contributed by atoms with Crippen molar-refractivity contribution in [1.82, 2.24) is 5.32 Å². The molecule has 24 heavy (non-hydrogen) atoms. The van der Waals surface area contributed by atoms with E-state index in [4.69, 9.17) is 0 Å². The van der Waals surface area contributed by atoms with Gasteiger partial charge in [-0.1, -0.05) is 69.3 Å². The van der Waals surface area contributed by atoms with Crippen molar-refractivity contribution in [2.75, 3.05) is 6.54 Å². The van der Waals surface area contributed by atoms with Crippen molar-refractivity contribution in [3.05, 3.63) is 70.8 Å². The Kier molecular flexibility index (Phi) is 7.05. The zero-order valence-corrected chi connectivity index (χ0v) is 15.1. The molecule has 128 valence electrons. The van der Waals surface area contributed by atoms with Gasteiger partial charge in [0, 0.05) is 6.54 Å². The summed E-state index contributed by atoms with van der Waals surface area (Å²) in [4.78, 5) is 12.0. The molecule has 2 heteroatoms. The van der Waals surface area contributed by atoms with Crippen LogP contribution < -0.4 is 5.32 Å². The molecule has 0 aromatic heterocycles. The molecule has 0 unspecified atom stereocenters. The Hall–Kier alpha value is -2.09. The molecule has 2 aromatic carbocycles. The number of aryl methyl sites for hydroxylation is 2. The third-order valence-corrected chi connectivity index (χ3v) is 4.41. The summed E-state index contributed by atoms with van der Waals surface area (Å²) < 4.78 is 0. The van der Waals surface area contributed by atoms with Crippen LogP contribution in [0.15, 0.2) is 48.5 Å². The number of amides is 1. The van der Waals surface area contributed by atoms with Crippen LogP contribution in [0.5, 0.6) is 0 Å². The van der Waals surface area contributed by atoms with E-state index in [9.17, 15) is 4.79 Å². The molecule has 1 amide bonds. The number of hydrogen-bond donors (Lipinski definition) is 1. The van der Waals surface area contributed by atoms with Crippen molar-refractivity contribution >= 4 is 5.91 Å². The summed E-state index contributed by atoms with van der Waals surface area (Å²) in [6.07, 6.45) is 3.48. The molecule has 0 spiro atoms. The van der Waals surface area contributed by atoms with Gasteiger partial charge in [-0.3, -0.25) is 4.79 Å². The Morgan fingerprint density at radius 2 is 1.50 bits per heavy atom. The Labute approximate surface area is 146 Å². The molecular formula is C22H29NO. The zero-order valence-electron chi connectivity index (χ0n) is 15.1. The van der Waals surface area contributed by atoms with Gasteiger partial charge in [0.1, 0.15) is 0 Å². The Morgan fingerprint density at radius 1 is 0.917 bits per heavy atom. The van der Waals surface area contributed by atoms with Crippen LogP contribution in [0.25, 0.3) is 0 Å². The van der Waals surface area contributed by atoms with Gasteiger partial charge in [0.05, 0.1) is 6.42 Å². The minimum absolute atomic E-state index is 0.106. The minimum Gasteiger partial charge on any atom is -0.356 e. The summed E-state index contributed by atoms with van der Waals surface area (Å²) in [5, 5.41) is 3.02. The van der Waals surface area contributed by atoms with Crippen LogP contribution in [0.1, 0.15) is 55.4 Å².